The topological polar surface area (TPSA) is 52.6 Å². The van der Waals surface area contributed by atoms with Crippen LogP contribution in [0.25, 0.3) is 11.1 Å². The first-order chi connectivity index (χ1) is 12.4. The molecule has 4 nitrogen and oxygen atoms in total. The summed E-state index contributed by atoms with van der Waals surface area (Å²) in [7, 11) is 3.95. The van der Waals surface area contributed by atoms with Gasteiger partial charge in [-0.3, -0.25) is 0 Å². The van der Waals surface area contributed by atoms with Gasteiger partial charge in [0.05, 0.1) is 11.3 Å². The lowest BCUT2D eigenvalue weighted by Gasteiger charge is -2.14. The third-order valence-corrected chi connectivity index (χ3v) is 4.09. The molecule has 0 unspecified atom stereocenters. The quantitative estimate of drug-likeness (QED) is 0.680. The minimum Gasteiger partial charge on any atom is -0.478 e. The minimum atomic E-state index is -1.02. The maximum Gasteiger partial charge on any atom is 0.337 e. The number of benzene rings is 3. The van der Waals surface area contributed by atoms with Gasteiger partial charge in [-0.1, -0.05) is 18.2 Å². The number of carboxylic acids is 1. The Kier molecular flexibility index (Phi) is 4.89. The maximum absolute atomic E-state index is 13.1. The van der Waals surface area contributed by atoms with E-state index in [-0.39, 0.29) is 11.4 Å². The largest absolute Gasteiger partial charge is 0.478 e. The van der Waals surface area contributed by atoms with Gasteiger partial charge in [-0.05, 0) is 59.7 Å². The summed E-state index contributed by atoms with van der Waals surface area (Å²) in [6.07, 6.45) is 0. The van der Waals surface area contributed by atoms with E-state index >= 15 is 0 Å². The molecular formula is C21H19FN2O2. The number of nitrogens with one attached hydrogen (secondary N) is 1. The van der Waals surface area contributed by atoms with Gasteiger partial charge in [-0.2, -0.15) is 0 Å². The van der Waals surface area contributed by atoms with E-state index in [0.717, 1.165) is 16.8 Å². The Hall–Kier alpha value is -3.34. The van der Waals surface area contributed by atoms with Crippen molar-refractivity contribution in [1.82, 2.24) is 0 Å². The highest BCUT2D eigenvalue weighted by atomic mass is 19.1. The van der Waals surface area contributed by atoms with Crippen LogP contribution in [0.5, 0.6) is 0 Å². The average Bonchev–Trinajstić information content (AvgIpc) is 2.63. The van der Waals surface area contributed by atoms with E-state index in [1.165, 1.54) is 12.1 Å². The molecule has 0 fully saturated rings. The molecule has 0 aliphatic rings. The highest BCUT2D eigenvalue weighted by Gasteiger charge is 2.12. The number of rotatable bonds is 5. The number of hydrogen-bond donors (Lipinski definition) is 2. The Morgan fingerprint density at radius 2 is 1.54 bits per heavy atom. The van der Waals surface area contributed by atoms with Gasteiger partial charge >= 0.3 is 5.97 Å². The Labute approximate surface area is 151 Å². The number of carboxylic acid groups (broad SMARTS) is 1. The third kappa shape index (κ3) is 3.83. The Morgan fingerprint density at radius 3 is 2.12 bits per heavy atom. The van der Waals surface area contributed by atoms with Crippen LogP contribution in [0, 0.1) is 5.82 Å². The van der Waals surface area contributed by atoms with E-state index in [9.17, 15) is 14.3 Å². The predicted octanol–water partition coefficient (Wildman–Crippen LogP) is 5.00. The van der Waals surface area contributed by atoms with Crippen molar-refractivity contribution < 1.29 is 14.3 Å². The second kappa shape index (κ2) is 7.27. The van der Waals surface area contributed by atoms with Crippen LogP contribution in [0.3, 0.4) is 0 Å². The van der Waals surface area contributed by atoms with Crippen molar-refractivity contribution in [3.8, 4) is 11.1 Å². The van der Waals surface area contributed by atoms with Gasteiger partial charge in [0.15, 0.2) is 0 Å². The van der Waals surface area contributed by atoms with Crippen molar-refractivity contribution in [2.45, 2.75) is 0 Å². The lowest BCUT2D eigenvalue weighted by Crippen LogP contribution is -2.08. The molecule has 0 amide bonds. The zero-order valence-corrected chi connectivity index (χ0v) is 14.5. The van der Waals surface area contributed by atoms with Gasteiger partial charge in [0.25, 0.3) is 0 Å². The zero-order chi connectivity index (χ0) is 18.7. The van der Waals surface area contributed by atoms with Crippen LogP contribution < -0.4 is 10.2 Å². The highest BCUT2D eigenvalue weighted by molar-refractivity contribution is 5.96. The van der Waals surface area contributed by atoms with Crippen molar-refractivity contribution in [2.24, 2.45) is 0 Å². The fourth-order valence-electron chi connectivity index (χ4n) is 2.65. The van der Waals surface area contributed by atoms with Crippen molar-refractivity contribution in [1.29, 1.82) is 0 Å². The van der Waals surface area contributed by atoms with Gasteiger partial charge in [0, 0.05) is 25.5 Å². The lowest BCUT2D eigenvalue weighted by molar-refractivity contribution is 0.0698. The summed E-state index contributed by atoms with van der Waals surface area (Å²) in [6.45, 7) is 0. The molecule has 5 heteroatoms. The number of aromatic carboxylic acids is 1. The van der Waals surface area contributed by atoms with Crippen LogP contribution in [0.4, 0.5) is 21.5 Å². The van der Waals surface area contributed by atoms with Crippen LogP contribution in [-0.4, -0.2) is 25.2 Å². The number of nitrogens with zero attached hydrogens (tertiary/aromatic N) is 1. The summed E-state index contributed by atoms with van der Waals surface area (Å²) in [6, 6.07) is 18.9. The smallest absolute Gasteiger partial charge is 0.337 e. The number of halogens is 1. The first-order valence-electron chi connectivity index (χ1n) is 8.12. The van der Waals surface area contributed by atoms with Gasteiger partial charge in [-0.25, -0.2) is 9.18 Å². The van der Waals surface area contributed by atoms with E-state index in [0.29, 0.717) is 11.4 Å². The zero-order valence-electron chi connectivity index (χ0n) is 14.5. The Balaban J connectivity index is 1.97. The molecule has 0 saturated carbocycles. The molecule has 0 atom stereocenters. The summed E-state index contributed by atoms with van der Waals surface area (Å²) >= 11 is 0. The summed E-state index contributed by atoms with van der Waals surface area (Å²) in [5, 5.41) is 12.5. The summed E-state index contributed by atoms with van der Waals surface area (Å²) in [4.78, 5) is 13.5. The number of hydrogen-bond acceptors (Lipinski definition) is 3. The predicted molar refractivity (Wildman–Crippen MR) is 103 cm³/mol. The van der Waals surface area contributed by atoms with Crippen molar-refractivity contribution in [2.75, 3.05) is 24.3 Å². The van der Waals surface area contributed by atoms with Gasteiger partial charge in [-0.15, -0.1) is 0 Å². The molecule has 2 N–H and O–H groups in total. The van der Waals surface area contributed by atoms with Gasteiger partial charge in [0.1, 0.15) is 5.82 Å². The lowest BCUT2D eigenvalue weighted by atomic mass is 10.0. The van der Waals surface area contributed by atoms with Crippen LogP contribution in [0.2, 0.25) is 0 Å². The molecule has 0 aliphatic heterocycles. The molecule has 3 aromatic rings. The van der Waals surface area contributed by atoms with Crippen molar-refractivity contribution in [3.05, 3.63) is 78.1 Å². The van der Waals surface area contributed by atoms with Gasteiger partial charge < -0.3 is 15.3 Å². The Bertz CT molecular complexity index is 920. The van der Waals surface area contributed by atoms with Gasteiger partial charge in [0.2, 0.25) is 0 Å². The Morgan fingerprint density at radius 1 is 0.923 bits per heavy atom. The first kappa shape index (κ1) is 17.5. The van der Waals surface area contributed by atoms with E-state index < -0.39 is 5.97 Å². The van der Waals surface area contributed by atoms with E-state index in [2.05, 4.69) is 5.32 Å². The molecular weight excluding hydrogens is 331 g/mol. The monoisotopic (exact) mass is 350 g/mol. The average molecular weight is 350 g/mol. The normalized spacial score (nSPS) is 10.4. The van der Waals surface area contributed by atoms with Crippen LogP contribution in [0.15, 0.2) is 66.7 Å². The first-order valence-corrected chi connectivity index (χ1v) is 8.12. The fraction of sp³-hybridized carbons (Fsp3) is 0.0952. The van der Waals surface area contributed by atoms with Crippen LogP contribution >= 0.6 is 0 Å². The van der Waals surface area contributed by atoms with E-state index in [1.807, 2.05) is 43.3 Å². The molecule has 132 valence electrons. The molecule has 0 radical (unpaired) electrons. The molecule has 0 heterocycles. The number of carbonyl (C=O) groups is 1. The van der Waals surface area contributed by atoms with E-state index in [4.69, 9.17) is 0 Å². The maximum atomic E-state index is 13.1. The van der Waals surface area contributed by atoms with Crippen LogP contribution in [-0.2, 0) is 0 Å². The van der Waals surface area contributed by atoms with Crippen LogP contribution in [0.1, 0.15) is 10.4 Å². The van der Waals surface area contributed by atoms with E-state index in [1.54, 1.807) is 30.3 Å². The number of anilines is 3. The summed E-state index contributed by atoms with van der Waals surface area (Å²) < 4.78 is 13.1. The molecule has 26 heavy (non-hydrogen) atoms. The fourth-order valence-corrected chi connectivity index (χ4v) is 2.65. The molecule has 0 spiro atoms. The molecule has 0 bridgehead atoms. The summed E-state index contributed by atoms with van der Waals surface area (Å²) in [5.74, 6) is -1.37. The highest BCUT2D eigenvalue weighted by Crippen LogP contribution is 2.29. The standard InChI is InChI=1S/C21H19FN2O2/c1-24(2)18-10-3-14(4-11-18)15-5-12-19(21(25)26)20(13-15)23-17-8-6-16(22)7-9-17/h3-13,23H,1-2H3,(H,25,26). The minimum absolute atomic E-state index is 0.156. The second-order valence-electron chi connectivity index (χ2n) is 6.14. The SMILES string of the molecule is CN(C)c1ccc(-c2ccc(C(=O)O)c(Nc3ccc(F)cc3)c2)cc1. The molecule has 0 saturated heterocycles. The molecule has 3 rings (SSSR count). The molecule has 3 aromatic carbocycles. The molecule has 0 aromatic heterocycles. The third-order valence-electron chi connectivity index (χ3n) is 4.09. The second-order valence-corrected chi connectivity index (χ2v) is 6.14. The van der Waals surface area contributed by atoms with Crippen molar-refractivity contribution >= 4 is 23.0 Å². The summed E-state index contributed by atoms with van der Waals surface area (Å²) in [5.41, 5.74) is 4.19. The molecule has 0 aliphatic carbocycles. The van der Waals surface area contributed by atoms with Crippen molar-refractivity contribution in [3.63, 3.8) is 0 Å².